The molecule has 0 spiro atoms. The smallest absolute Gasteiger partial charge is 0.257 e. The van der Waals surface area contributed by atoms with E-state index in [2.05, 4.69) is 10.3 Å². The summed E-state index contributed by atoms with van der Waals surface area (Å²) in [4.78, 5) is 16.0. The molecule has 1 aromatic carbocycles. The number of pyridine rings is 1. The number of aromatic nitrogens is 1. The van der Waals surface area contributed by atoms with Crippen LogP contribution in [0.1, 0.15) is 21.5 Å². The van der Waals surface area contributed by atoms with Crippen LogP contribution in [0, 0.1) is 12.7 Å². The van der Waals surface area contributed by atoms with Crippen molar-refractivity contribution >= 4 is 28.8 Å². The van der Waals surface area contributed by atoms with Crippen LogP contribution in [0.15, 0.2) is 36.7 Å². The first kappa shape index (κ1) is 14.1. The normalized spacial score (nSPS) is 10.1. The van der Waals surface area contributed by atoms with Crippen LogP contribution in [-0.4, -0.2) is 15.9 Å². The number of amides is 1. The Balaban J connectivity index is 2.22. The van der Waals surface area contributed by atoms with Crippen molar-refractivity contribution in [3.05, 3.63) is 59.2 Å². The van der Waals surface area contributed by atoms with E-state index in [4.69, 9.17) is 18.0 Å². The van der Waals surface area contributed by atoms with Gasteiger partial charge < -0.3 is 11.1 Å². The fourth-order valence-electron chi connectivity index (χ4n) is 1.64. The monoisotopic (exact) mass is 289 g/mol. The first-order chi connectivity index (χ1) is 9.47. The molecule has 0 unspecified atom stereocenters. The van der Waals surface area contributed by atoms with Gasteiger partial charge in [-0.05, 0) is 36.8 Å². The largest absolute Gasteiger partial charge is 0.389 e. The van der Waals surface area contributed by atoms with E-state index in [-0.39, 0.29) is 10.7 Å². The van der Waals surface area contributed by atoms with Gasteiger partial charge in [0.2, 0.25) is 0 Å². The van der Waals surface area contributed by atoms with Crippen LogP contribution in [0.4, 0.5) is 10.1 Å². The Labute approximate surface area is 120 Å². The number of nitrogens with zero attached hydrogens (tertiary/aromatic N) is 1. The second-order valence-corrected chi connectivity index (χ2v) is 4.70. The molecule has 0 saturated carbocycles. The molecule has 0 saturated heterocycles. The van der Waals surface area contributed by atoms with Crippen molar-refractivity contribution in [1.29, 1.82) is 0 Å². The van der Waals surface area contributed by atoms with Crippen molar-refractivity contribution in [2.75, 3.05) is 5.32 Å². The Kier molecular flexibility index (Phi) is 4.05. The number of rotatable bonds is 3. The second-order valence-electron chi connectivity index (χ2n) is 4.26. The number of carbonyl (C=O) groups is 1. The number of nitrogens with two attached hydrogens (primary N) is 1. The molecular formula is C14H12FN3OS. The number of aryl methyl sites for hydroxylation is 1. The highest BCUT2D eigenvalue weighted by molar-refractivity contribution is 7.80. The van der Waals surface area contributed by atoms with Gasteiger partial charge in [-0.1, -0.05) is 12.2 Å². The van der Waals surface area contributed by atoms with Gasteiger partial charge in [-0.3, -0.25) is 9.78 Å². The van der Waals surface area contributed by atoms with E-state index in [1.165, 1.54) is 18.3 Å². The molecule has 0 aliphatic heterocycles. The van der Waals surface area contributed by atoms with Crippen LogP contribution >= 0.6 is 12.2 Å². The highest BCUT2D eigenvalue weighted by Gasteiger charge is 2.11. The molecule has 20 heavy (non-hydrogen) atoms. The van der Waals surface area contributed by atoms with E-state index in [1.54, 1.807) is 18.3 Å². The number of benzene rings is 1. The summed E-state index contributed by atoms with van der Waals surface area (Å²) in [6.45, 7) is 1.82. The first-order valence-electron chi connectivity index (χ1n) is 5.80. The summed E-state index contributed by atoms with van der Waals surface area (Å²) >= 11 is 4.76. The summed E-state index contributed by atoms with van der Waals surface area (Å²) in [5, 5.41) is 2.48. The Bertz CT molecular complexity index is 688. The zero-order valence-electron chi connectivity index (χ0n) is 10.7. The number of hydrogen-bond acceptors (Lipinski definition) is 3. The molecule has 0 radical (unpaired) electrons. The average Bonchev–Trinajstić information content (AvgIpc) is 2.40. The quantitative estimate of drug-likeness (QED) is 0.852. The predicted molar refractivity (Wildman–Crippen MR) is 79.2 cm³/mol. The Morgan fingerprint density at radius 2 is 2.05 bits per heavy atom. The molecule has 0 atom stereocenters. The van der Waals surface area contributed by atoms with Gasteiger partial charge in [-0.2, -0.15) is 0 Å². The minimum atomic E-state index is -0.593. The van der Waals surface area contributed by atoms with Crippen molar-refractivity contribution in [3.63, 3.8) is 0 Å². The number of carbonyl (C=O) groups excluding carboxylic acids is 1. The summed E-state index contributed by atoms with van der Waals surface area (Å²) in [6, 6.07) is 5.83. The molecule has 1 heterocycles. The second kappa shape index (κ2) is 5.75. The molecule has 0 aliphatic rings. The predicted octanol–water partition coefficient (Wildman–Crippen LogP) is 2.42. The SMILES string of the molecule is Cc1cncc(C(=O)Nc2ccc(C(N)=S)cc2F)c1. The first-order valence-corrected chi connectivity index (χ1v) is 6.20. The van der Waals surface area contributed by atoms with Gasteiger partial charge in [0.05, 0.1) is 11.3 Å². The maximum atomic E-state index is 13.8. The average molecular weight is 289 g/mol. The molecular weight excluding hydrogens is 277 g/mol. The van der Waals surface area contributed by atoms with Gasteiger partial charge in [0.25, 0.3) is 5.91 Å². The van der Waals surface area contributed by atoms with Crippen LogP contribution in [0.5, 0.6) is 0 Å². The summed E-state index contributed by atoms with van der Waals surface area (Å²) < 4.78 is 13.8. The standard InChI is InChI=1S/C14H12FN3OS/c1-8-4-10(7-17-6-8)14(19)18-12-3-2-9(13(16)20)5-11(12)15/h2-7H,1H3,(H2,16,20)(H,18,19). The molecule has 3 N–H and O–H groups in total. The van der Waals surface area contributed by atoms with E-state index >= 15 is 0 Å². The number of thiocarbonyl (C=S) groups is 1. The topological polar surface area (TPSA) is 68.0 Å². The van der Waals surface area contributed by atoms with Crippen LogP contribution in [-0.2, 0) is 0 Å². The maximum absolute atomic E-state index is 13.8. The van der Waals surface area contributed by atoms with Gasteiger partial charge >= 0.3 is 0 Å². The Morgan fingerprint density at radius 3 is 2.65 bits per heavy atom. The van der Waals surface area contributed by atoms with E-state index < -0.39 is 11.7 Å². The molecule has 6 heteroatoms. The molecule has 2 aromatic rings. The van der Waals surface area contributed by atoms with Crippen molar-refractivity contribution in [1.82, 2.24) is 4.98 Å². The molecule has 102 valence electrons. The van der Waals surface area contributed by atoms with Crippen LogP contribution in [0.2, 0.25) is 0 Å². The zero-order chi connectivity index (χ0) is 14.7. The summed E-state index contributed by atoms with van der Waals surface area (Å²) in [5.41, 5.74) is 7.10. The molecule has 2 rings (SSSR count). The molecule has 0 fully saturated rings. The van der Waals surface area contributed by atoms with Crippen molar-refractivity contribution in [2.24, 2.45) is 5.73 Å². The third kappa shape index (κ3) is 3.16. The fraction of sp³-hybridized carbons (Fsp3) is 0.0714. The molecule has 4 nitrogen and oxygen atoms in total. The lowest BCUT2D eigenvalue weighted by Gasteiger charge is -2.08. The summed E-state index contributed by atoms with van der Waals surface area (Å²) in [7, 11) is 0. The maximum Gasteiger partial charge on any atom is 0.257 e. The molecule has 0 bridgehead atoms. The minimum absolute atomic E-state index is 0.0662. The Morgan fingerprint density at radius 1 is 1.30 bits per heavy atom. The highest BCUT2D eigenvalue weighted by Crippen LogP contribution is 2.17. The number of hydrogen-bond donors (Lipinski definition) is 2. The summed E-state index contributed by atoms with van der Waals surface area (Å²) in [5.74, 6) is -1.02. The lowest BCUT2D eigenvalue weighted by molar-refractivity contribution is 0.102. The number of nitrogens with one attached hydrogen (secondary N) is 1. The third-order valence-electron chi connectivity index (χ3n) is 2.64. The van der Waals surface area contributed by atoms with Gasteiger partial charge in [0.1, 0.15) is 10.8 Å². The lowest BCUT2D eigenvalue weighted by atomic mass is 10.1. The van der Waals surface area contributed by atoms with Gasteiger partial charge in [-0.15, -0.1) is 0 Å². The molecule has 1 aromatic heterocycles. The summed E-state index contributed by atoms with van der Waals surface area (Å²) in [6.07, 6.45) is 3.05. The van der Waals surface area contributed by atoms with Crippen molar-refractivity contribution in [2.45, 2.75) is 6.92 Å². The molecule has 0 aliphatic carbocycles. The number of anilines is 1. The van der Waals surface area contributed by atoms with E-state index in [0.29, 0.717) is 11.1 Å². The zero-order valence-corrected chi connectivity index (χ0v) is 11.5. The Hall–Kier alpha value is -2.34. The van der Waals surface area contributed by atoms with Crippen LogP contribution in [0.25, 0.3) is 0 Å². The van der Waals surface area contributed by atoms with E-state index in [1.807, 2.05) is 6.92 Å². The van der Waals surface area contributed by atoms with Gasteiger partial charge in [0, 0.05) is 18.0 Å². The van der Waals surface area contributed by atoms with E-state index in [9.17, 15) is 9.18 Å². The fourth-order valence-corrected chi connectivity index (χ4v) is 1.77. The van der Waals surface area contributed by atoms with Gasteiger partial charge in [-0.25, -0.2) is 4.39 Å². The highest BCUT2D eigenvalue weighted by atomic mass is 32.1. The molecule has 1 amide bonds. The van der Waals surface area contributed by atoms with Crippen molar-refractivity contribution in [3.8, 4) is 0 Å². The third-order valence-corrected chi connectivity index (χ3v) is 2.87. The number of halogens is 1. The van der Waals surface area contributed by atoms with Crippen LogP contribution < -0.4 is 11.1 Å². The van der Waals surface area contributed by atoms with Gasteiger partial charge in [0.15, 0.2) is 0 Å². The van der Waals surface area contributed by atoms with Crippen LogP contribution in [0.3, 0.4) is 0 Å². The van der Waals surface area contributed by atoms with Crippen molar-refractivity contribution < 1.29 is 9.18 Å². The lowest BCUT2D eigenvalue weighted by Crippen LogP contribution is -2.15. The minimum Gasteiger partial charge on any atom is -0.389 e. The van der Waals surface area contributed by atoms with E-state index in [0.717, 1.165) is 5.56 Å².